The molecule has 10 heteroatoms. The maximum atomic E-state index is 12.6. The molecule has 1 aliphatic rings. The van der Waals surface area contributed by atoms with E-state index >= 15 is 0 Å². The number of carbonyl (C=O) groups is 1. The van der Waals surface area contributed by atoms with Gasteiger partial charge in [0, 0.05) is 12.6 Å². The van der Waals surface area contributed by atoms with Gasteiger partial charge < -0.3 is 13.9 Å². The van der Waals surface area contributed by atoms with Crippen molar-refractivity contribution in [1.29, 1.82) is 0 Å². The number of nitrogens with zero attached hydrogens (tertiary/aromatic N) is 1. The summed E-state index contributed by atoms with van der Waals surface area (Å²) in [6.45, 7) is 0.371. The molecule has 164 valence electrons. The number of hydrogen-bond donors (Lipinski definition) is 1. The number of rotatable bonds is 9. The minimum atomic E-state index is -3.81. The lowest BCUT2D eigenvalue weighted by molar-refractivity contribution is 0.0495. The molecular weight excluding hydrogens is 424 g/mol. The van der Waals surface area contributed by atoms with E-state index in [1.54, 1.807) is 24.3 Å². The summed E-state index contributed by atoms with van der Waals surface area (Å²) in [5, 5.41) is 0. The molecule has 0 bridgehead atoms. The van der Waals surface area contributed by atoms with Gasteiger partial charge in [-0.25, -0.2) is 22.7 Å². The highest BCUT2D eigenvalue weighted by molar-refractivity contribution is 7.89. The summed E-state index contributed by atoms with van der Waals surface area (Å²) < 4.78 is 44.8. The van der Waals surface area contributed by atoms with Crippen molar-refractivity contribution in [2.24, 2.45) is 0 Å². The molecule has 1 heterocycles. The number of esters is 1. The van der Waals surface area contributed by atoms with E-state index < -0.39 is 21.7 Å². The number of nitrogens with one attached hydrogen (secondary N) is 1. The number of aryl methyl sites for hydroxylation is 1. The molecule has 0 radical (unpaired) electrons. The summed E-state index contributed by atoms with van der Waals surface area (Å²) in [6.07, 6.45) is 1.97. The molecule has 1 N–H and O–H groups in total. The van der Waals surface area contributed by atoms with E-state index in [0.717, 1.165) is 12.8 Å². The van der Waals surface area contributed by atoms with Gasteiger partial charge in [-0.05, 0) is 49.6 Å². The largest absolute Gasteiger partial charge is 0.495 e. The van der Waals surface area contributed by atoms with Crippen LogP contribution < -0.4 is 15.2 Å². The number of aromatic nitrogens is 1. The third-order valence-electron chi connectivity index (χ3n) is 4.92. The Morgan fingerprint density at radius 1 is 1.23 bits per heavy atom. The molecule has 1 fully saturated rings. The van der Waals surface area contributed by atoms with Crippen molar-refractivity contribution in [3.8, 4) is 5.75 Å². The van der Waals surface area contributed by atoms with Crippen LogP contribution in [-0.2, 0) is 21.3 Å². The molecule has 0 aliphatic heterocycles. The van der Waals surface area contributed by atoms with E-state index in [-0.39, 0.29) is 28.9 Å². The van der Waals surface area contributed by atoms with Crippen LogP contribution in [0.4, 0.5) is 0 Å². The van der Waals surface area contributed by atoms with E-state index in [4.69, 9.17) is 13.9 Å². The topological polar surface area (TPSA) is 117 Å². The molecule has 1 aliphatic carbocycles. The van der Waals surface area contributed by atoms with Crippen LogP contribution in [0.3, 0.4) is 0 Å². The van der Waals surface area contributed by atoms with E-state index in [1.165, 1.54) is 29.9 Å². The maximum absolute atomic E-state index is 12.6. The number of fused-ring (bicyclic) bond motifs is 1. The van der Waals surface area contributed by atoms with Crippen molar-refractivity contribution in [3.63, 3.8) is 0 Å². The van der Waals surface area contributed by atoms with Crippen molar-refractivity contribution in [1.82, 2.24) is 9.29 Å². The molecule has 1 saturated carbocycles. The van der Waals surface area contributed by atoms with Crippen LogP contribution in [0.25, 0.3) is 11.1 Å². The number of para-hydroxylation sites is 2. The third-order valence-corrected chi connectivity index (χ3v) is 6.46. The lowest BCUT2D eigenvalue weighted by Crippen LogP contribution is -2.26. The lowest BCUT2D eigenvalue weighted by atomic mass is 10.2. The molecule has 4 rings (SSSR count). The standard InChI is InChI=1S/C21H22N2O7S/c1-28-18-10-7-14(13-19(18)31(26,27)22-15-8-9-15)20(24)29-12-4-11-23-16-5-2-3-6-17(16)30-21(23)25/h2-3,5-7,10,13,15,22H,4,8-9,11-12H2,1H3. The Balaban J connectivity index is 1.41. The third kappa shape index (κ3) is 4.64. The molecule has 31 heavy (non-hydrogen) atoms. The summed E-state index contributed by atoms with van der Waals surface area (Å²) >= 11 is 0. The summed E-state index contributed by atoms with van der Waals surface area (Å²) in [5.74, 6) is -0.980. The fraction of sp³-hybridized carbons (Fsp3) is 0.333. The van der Waals surface area contributed by atoms with Crippen molar-refractivity contribution in [3.05, 3.63) is 58.6 Å². The van der Waals surface area contributed by atoms with Crippen molar-refractivity contribution in [2.75, 3.05) is 13.7 Å². The van der Waals surface area contributed by atoms with E-state index in [2.05, 4.69) is 4.72 Å². The van der Waals surface area contributed by atoms with Crippen LogP contribution in [0, 0.1) is 0 Å². The molecule has 3 aromatic rings. The highest BCUT2D eigenvalue weighted by Crippen LogP contribution is 2.28. The maximum Gasteiger partial charge on any atom is 0.419 e. The first-order valence-electron chi connectivity index (χ1n) is 9.85. The number of methoxy groups -OCH3 is 1. The van der Waals surface area contributed by atoms with Crippen molar-refractivity contribution >= 4 is 27.1 Å². The van der Waals surface area contributed by atoms with Gasteiger partial charge in [0.25, 0.3) is 0 Å². The Labute approximate surface area is 178 Å². The second-order valence-electron chi connectivity index (χ2n) is 7.24. The normalized spacial score (nSPS) is 14.0. The van der Waals surface area contributed by atoms with E-state index in [1.807, 2.05) is 0 Å². The fourth-order valence-corrected chi connectivity index (χ4v) is 4.69. The SMILES string of the molecule is COc1ccc(C(=O)OCCCn2c(=O)oc3ccccc32)cc1S(=O)(=O)NC1CC1. The number of sulfonamides is 1. The van der Waals surface area contributed by atoms with Gasteiger partial charge in [0.15, 0.2) is 5.58 Å². The first-order chi connectivity index (χ1) is 14.9. The zero-order valence-electron chi connectivity index (χ0n) is 16.9. The zero-order valence-corrected chi connectivity index (χ0v) is 17.7. The summed E-state index contributed by atoms with van der Waals surface area (Å²) in [7, 11) is -2.44. The van der Waals surface area contributed by atoms with Crippen LogP contribution in [0.15, 0.2) is 56.6 Å². The molecule has 0 saturated heterocycles. The second kappa shape index (κ2) is 8.56. The lowest BCUT2D eigenvalue weighted by Gasteiger charge is -2.12. The van der Waals surface area contributed by atoms with E-state index in [0.29, 0.717) is 24.1 Å². The minimum absolute atomic E-state index is 0.0548. The Bertz CT molecular complexity index is 1270. The summed E-state index contributed by atoms with van der Waals surface area (Å²) in [6, 6.07) is 11.1. The molecule has 0 amide bonds. The van der Waals surface area contributed by atoms with E-state index in [9.17, 15) is 18.0 Å². The summed E-state index contributed by atoms with van der Waals surface area (Å²) in [4.78, 5) is 24.3. The van der Waals surface area contributed by atoms with Gasteiger partial charge in [-0.3, -0.25) is 4.57 Å². The Morgan fingerprint density at radius 2 is 2.00 bits per heavy atom. The van der Waals surface area contributed by atoms with Gasteiger partial charge in [-0.2, -0.15) is 0 Å². The molecule has 2 aromatic carbocycles. The minimum Gasteiger partial charge on any atom is -0.495 e. The van der Waals surface area contributed by atoms with Crippen molar-refractivity contribution < 1.29 is 27.1 Å². The van der Waals surface area contributed by atoms with Gasteiger partial charge in [0.2, 0.25) is 10.0 Å². The number of ether oxygens (including phenoxy) is 2. The smallest absolute Gasteiger partial charge is 0.419 e. The molecule has 0 atom stereocenters. The predicted molar refractivity (Wildman–Crippen MR) is 112 cm³/mol. The van der Waals surface area contributed by atoms with Crippen LogP contribution in [-0.4, -0.2) is 38.7 Å². The van der Waals surface area contributed by atoms with Crippen molar-refractivity contribution in [2.45, 2.75) is 36.7 Å². The highest BCUT2D eigenvalue weighted by atomic mass is 32.2. The fourth-order valence-electron chi connectivity index (χ4n) is 3.19. The van der Waals surface area contributed by atoms with Gasteiger partial charge in [-0.15, -0.1) is 0 Å². The molecule has 9 nitrogen and oxygen atoms in total. The Hall–Kier alpha value is -3.11. The Kier molecular flexibility index (Phi) is 5.84. The van der Waals surface area contributed by atoms with Crippen LogP contribution >= 0.6 is 0 Å². The quantitative estimate of drug-likeness (QED) is 0.396. The number of carbonyl (C=O) groups excluding carboxylic acids is 1. The highest BCUT2D eigenvalue weighted by Gasteiger charge is 2.30. The van der Waals surface area contributed by atoms with Gasteiger partial charge in [0.1, 0.15) is 10.6 Å². The number of oxazole rings is 1. The molecular formula is C21H22N2O7S. The van der Waals surface area contributed by atoms with Gasteiger partial charge >= 0.3 is 11.7 Å². The van der Waals surface area contributed by atoms with Crippen LogP contribution in [0.1, 0.15) is 29.6 Å². The average Bonchev–Trinajstić information content (AvgIpc) is 3.50. The number of hydrogen-bond acceptors (Lipinski definition) is 7. The van der Waals surface area contributed by atoms with Gasteiger partial charge in [0.05, 0.1) is 24.8 Å². The predicted octanol–water partition coefficient (Wildman–Crippen LogP) is 2.29. The molecule has 1 aromatic heterocycles. The molecule has 0 spiro atoms. The van der Waals surface area contributed by atoms with Crippen LogP contribution in [0.2, 0.25) is 0 Å². The second-order valence-corrected chi connectivity index (χ2v) is 8.92. The zero-order chi connectivity index (χ0) is 22.0. The van der Waals surface area contributed by atoms with Gasteiger partial charge in [-0.1, -0.05) is 12.1 Å². The monoisotopic (exact) mass is 446 g/mol. The molecule has 0 unspecified atom stereocenters. The average molecular weight is 446 g/mol. The Morgan fingerprint density at radius 3 is 2.74 bits per heavy atom. The first-order valence-corrected chi connectivity index (χ1v) is 11.3. The van der Waals surface area contributed by atoms with Crippen LogP contribution in [0.5, 0.6) is 5.75 Å². The summed E-state index contributed by atoms with van der Waals surface area (Å²) in [5.41, 5.74) is 1.27. The number of benzene rings is 2. The first kappa shape index (κ1) is 21.1.